The summed E-state index contributed by atoms with van der Waals surface area (Å²) >= 11 is 8.50. The van der Waals surface area contributed by atoms with Crippen molar-refractivity contribution in [2.24, 2.45) is 0 Å². The average Bonchev–Trinajstić information content (AvgIpc) is 2.33. The minimum atomic E-state index is -1.01. The molecule has 0 aromatic heterocycles. The van der Waals surface area contributed by atoms with Gasteiger partial charge >= 0.3 is 0 Å². The largest absolute Gasteiger partial charge is 0.288 e. The first kappa shape index (κ1) is 14.1. The summed E-state index contributed by atoms with van der Waals surface area (Å²) in [7, 11) is 0. The molecule has 0 spiro atoms. The second kappa shape index (κ2) is 5.35. The van der Waals surface area contributed by atoms with E-state index in [2.05, 4.69) is 15.9 Å². The lowest BCUT2D eigenvalue weighted by molar-refractivity contribution is 0.103. The molecule has 0 bridgehead atoms. The quantitative estimate of drug-likeness (QED) is 0.565. The van der Waals surface area contributed by atoms with Crippen molar-refractivity contribution in [1.29, 1.82) is 0 Å². The van der Waals surface area contributed by atoms with Crippen LogP contribution in [0.15, 0.2) is 34.8 Å². The van der Waals surface area contributed by atoms with E-state index < -0.39 is 34.4 Å². The standard InChI is InChI=1S/C13H5BrClF3O/c14-7-5-10(17)6(4-11(7)18)13(19)12-8(15)2-1-3-9(12)16/h1-5H. The van der Waals surface area contributed by atoms with Crippen LogP contribution in [-0.2, 0) is 0 Å². The maximum atomic E-state index is 13.6. The first-order valence-corrected chi connectivity index (χ1v) is 6.22. The molecular formula is C13H5BrClF3O. The van der Waals surface area contributed by atoms with Gasteiger partial charge in [0.25, 0.3) is 0 Å². The number of rotatable bonds is 2. The molecule has 0 N–H and O–H groups in total. The monoisotopic (exact) mass is 348 g/mol. The fourth-order valence-corrected chi connectivity index (χ4v) is 2.11. The highest BCUT2D eigenvalue weighted by molar-refractivity contribution is 9.10. The lowest BCUT2D eigenvalue weighted by Gasteiger charge is -2.07. The number of carbonyl (C=O) groups is 1. The van der Waals surface area contributed by atoms with Gasteiger partial charge in [0.05, 0.1) is 20.6 Å². The Balaban J connectivity index is 2.60. The van der Waals surface area contributed by atoms with Gasteiger partial charge in [-0.2, -0.15) is 0 Å². The predicted molar refractivity (Wildman–Crippen MR) is 68.9 cm³/mol. The van der Waals surface area contributed by atoms with Crippen LogP contribution >= 0.6 is 27.5 Å². The summed E-state index contributed by atoms with van der Waals surface area (Å²) in [4.78, 5) is 12.0. The third kappa shape index (κ3) is 2.67. The molecular weight excluding hydrogens is 344 g/mol. The fourth-order valence-electron chi connectivity index (χ4n) is 1.55. The highest BCUT2D eigenvalue weighted by Gasteiger charge is 2.22. The third-order valence-electron chi connectivity index (χ3n) is 2.44. The smallest absolute Gasteiger partial charge is 0.200 e. The Morgan fingerprint density at radius 1 is 1.05 bits per heavy atom. The van der Waals surface area contributed by atoms with Gasteiger partial charge in [0.15, 0.2) is 0 Å². The molecule has 0 saturated heterocycles. The zero-order valence-corrected chi connectivity index (χ0v) is 11.5. The van der Waals surface area contributed by atoms with Crippen LogP contribution in [0.4, 0.5) is 13.2 Å². The van der Waals surface area contributed by atoms with Crippen LogP contribution in [0, 0.1) is 17.5 Å². The molecule has 2 aromatic rings. The molecule has 0 unspecified atom stereocenters. The summed E-state index contributed by atoms with van der Waals surface area (Å²) in [6.45, 7) is 0. The van der Waals surface area contributed by atoms with Crippen molar-refractivity contribution in [2.75, 3.05) is 0 Å². The van der Waals surface area contributed by atoms with Crippen LogP contribution in [0.5, 0.6) is 0 Å². The van der Waals surface area contributed by atoms with E-state index in [9.17, 15) is 18.0 Å². The van der Waals surface area contributed by atoms with Gasteiger partial charge in [0.2, 0.25) is 5.78 Å². The van der Waals surface area contributed by atoms with Gasteiger partial charge in [-0.25, -0.2) is 13.2 Å². The summed E-state index contributed by atoms with van der Waals surface area (Å²) in [5.41, 5.74) is -1.06. The van der Waals surface area contributed by atoms with E-state index in [0.717, 1.165) is 12.1 Å². The van der Waals surface area contributed by atoms with Crippen LogP contribution in [0.2, 0.25) is 5.02 Å². The van der Waals surface area contributed by atoms with Crippen LogP contribution in [0.25, 0.3) is 0 Å². The Morgan fingerprint density at radius 2 is 1.74 bits per heavy atom. The molecule has 98 valence electrons. The topological polar surface area (TPSA) is 17.1 Å². The zero-order chi connectivity index (χ0) is 14.2. The molecule has 1 nitrogen and oxygen atoms in total. The Bertz CT molecular complexity index is 653. The highest BCUT2D eigenvalue weighted by Crippen LogP contribution is 2.26. The van der Waals surface area contributed by atoms with Crippen molar-refractivity contribution >= 4 is 33.3 Å². The lowest BCUT2D eigenvalue weighted by atomic mass is 10.0. The highest BCUT2D eigenvalue weighted by atomic mass is 79.9. The van der Waals surface area contributed by atoms with Crippen LogP contribution in [0.1, 0.15) is 15.9 Å². The maximum absolute atomic E-state index is 13.6. The van der Waals surface area contributed by atoms with Gasteiger partial charge in [0, 0.05) is 0 Å². The number of halogens is 5. The number of hydrogen-bond acceptors (Lipinski definition) is 1. The van der Waals surface area contributed by atoms with E-state index in [0.29, 0.717) is 6.07 Å². The molecule has 19 heavy (non-hydrogen) atoms. The van der Waals surface area contributed by atoms with E-state index in [1.165, 1.54) is 12.1 Å². The Kier molecular flexibility index (Phi) is 3.96. The molecule has 0 fully saturated rings. The zero-order valence-electron chi connectivity index (χ0n) is 9.18. The molecule has 2 aromatic carbocycles. The second-order valence-electron chi connectivity index (χ2n) is 3.67. The van der Waals surface area contributed by atoms with Gasteiger partial charge in [-0.3, -0.25) is 4.79 Å². The van der Waals surface area contributed by atoms with Crippen molar-refractivity contribution in [3.8, 4) is 0 Å². The van der Waals surface area contributed by atoms with E-state index in [1.807, 2.05) is 0 Å². The minimum Gasteiger partial charge on any atom is -0.288 e. The van der Waals surface area contributed by atoms with E-state index >= 15 is 0 Å². The normalized spacial score (nSPS) is 10.6. The summed E-state index contributed by atoms with van der Waals surface area (Å²) in [5, 5.41) is -0.160. The Labute approximate surface area is 120 Å². The van der Waals surface area contributed by atoms with Crippen LogP contribution in [0.3, 0.4) is 0 Å². The molecule has 0 saturated carbocycles. The summed E-state index contributed by atoms with van der Waals surface area (Å²) in [6, 6.07) is 5.13. The molecule has 0 aliphatic heterocycles. The van der Waals surface area contributed by atoms with Gasteiger partial charge in [0.1, 0.15) is 17.5 Å². The number of ketones is 1. The average molecular weight is 350 g/mol. The Hall–Kier alpha value is -1.33. The number of benzene rings is 2. The molecule has 0 atom stereocenters. The molecule has 6 heteroatoms. The van der Waals surface area contributed by atoms with Crippen molar-refractivity contribution in [3.63, 3.8) is 0 Å². The molecule has 0 radical (unpaired) electrons. The van der Waals surface area contributed by atoms with Gasteiger partial charge in [-0.15, -0.1) is 0 Å². The van der Waals surface area contributed by atoms with E-state index in [4.69, 9.17) is 11.6 Å². The fraction of sp³-hybridized carbons (Fsp3) is 0. The molecule has 2 rings (SSSR count). The lowest BCUT2D eigenvalue weighted by Crippen LogP contribution is -2.08. The molecule has 0 heterocycles. The van der Waals surface area contributed by atoms with Crippen LogP contribution in [-0.4, -0.2) is 5.78 Å². The van der Waals surface area contributed by atoms with Crippen molar-refractivity contribution in [2.45, 2.75) is 0 Å². The molecule has 0 aliphatic carbocycles. The summed E-state index contributed by atoms with van der Waals surface area (Å²) in [6.07, 6.45) is 0. The van der Waals surface area contributed by atoms with E-state index in [-0.39, 0.29) is 9.50 Å². The van der Waals surface area contributed by atoms with Crippen molar-refractivity contribution in [3.05, 3.63) is 68.4 Å². The molecule has 0 amide bonds. The molecule has 0 aliphatic rings. The number of hydrogen-bond donors (Lipinski definition) is 0. The van der Waals surface area contributed by atoms with Gasteiger partial charge in [-0.1, -0.05) is 17.7 Å². The Morgan fingerprint density at radius 3 is 2.37 bits per heavy atom. The van der Waals surface area contributed by atoms with Crippen molar-refractivity contribution < 1.29 is 18.0 Å². The first-order valence-electron chi connectivity index (χ1n) is 5.05. The minimum absolute atomic E-state index is 0.124. The predicted octanol–water partition coefficient (Wildman–Crippen LogP) is 4.75. The summed E-state index contributed by atoms with van der Waals surface area (Å²) < 4.78 is 40.4. The van der Waals surface area contributed by atoms with Gasteiger partial charge < -0.3 is 0 Å². The first-order chi connectivity index (χ1) is 8.91. The van der Waals surface area contributed by atoms with Crippen LogP contribution < -0.4 is 0 Å². The van der Waals surface area contributed by atoms with Gasteiger partial charge in [-0.05, 0) is 40.2 Å². The maximum Gasteiger partial charge on any atom is 0.200 e. The second-order valence-corrected chi connectivity index (χ2v) is 4.93. The SMILES string of the molecule is O=C(c1cc(F)c(Br)cc1F)c1c(F)cccc1Cl. The third-order valence-corrected chi connectivity index (χ3v) is 3.37. The van der Waals surface area contributed by atoms with Crippen molar-refractivity contribution in [1.82, 2.24) is 0 Å². The van der Waals surface area contributed by atoms with E-state index in [1.54, 1.807) is 0 Å². The number of carbonyl (C=O) groups excluding carboxylic acids is 1. The summed E-state index contributed by atoms with van der Waals surface area (Å²) in [5.74, 6) is -3.68.